The largest absolute Gasteiger partial charge is 0.366 e. The molecule has 1 aromatic heterocycles. The van der Waals surface area contributed by atoms with Gasteiger partial charge in [-0.25, -0.2) is 4.79 Å². The molecule has 1 heterocycles. The zero-order chi connectivity index (χ0) is 13.1. The van der Waals surface area contributed by atoms with Crippen LogP contribution < -0.4 is 16.4 Å². The normalized spacial score (nSPS) is 10.1. The molecule has 0 saturated heterocycles. The molecule has 1 aromatic carbocycles. The highest BCUT2D eigenvalue weighted by atomic mass is 79.9. The topological polar surface area (TPSA) is 93.2 Å². The number of halogens is 1. The Morgan fingerprint density at radius 2 is 2.00 bits per heavy atom. The van der Waals surface area contributed by atoms with E-state index in [2.05, 4.69) is 31.7 Å². The van der Waals surface area contributed by atoms with Crippen molar-refractivity contribution in [1.82, 2.24) is 5.16 Å². The Balaban J connectivity index is 2.03. The van der Waals surface area contributed by atoms with Crippen LogP contribution in [0.15, 0.2) is 33.3 Å². The van der Waals surface area contributed by atoms with Crippen molar-refractivity contribution in [2.45, 2.75) is 6.92 Å². The summed E-state index contributed by atoms with van der Waals surface area (Å²) in [6, 6.07) is 6.79. The lowest BCUT2D eigenvalue weighted by Gasteiger charge is -2.06. The lowest BCUT2D eigenvalue weighted by molar-refractivity contribution is 0.262. The van der Waals surface area contributed by atoms with Crippen LogP contribution in [0, 0.1) is 6.92 Å². The molecule has 0 bridgehead atoms. The van der Waals surface area contributed by atoms with Gasteiger partial charge in [0.2, 0.25) is 5.88 Å². The Kier molecular flexibility index (Phi) is 3.52. The maximum absolute atomic E-state index is 11.7. The summed E-state index contributed by atoms with van der Waals surface area (Å²) < 4.78 is 5.68. The smallest absolute Gasteiger partial charge is 0.323 e. The van der Waals surface area contributed by atoms with E-state index in [4.69, 9.17) is 10.3 Å². The average Bonchev–Trinajstić information content (AvgIpc) is 2.64. The SMILES string of the molecule is Cc1noc(N)c1NC(=O)Nc1ccc(Br)cc1. The molecule has 18 heavy (non-hydrogen) atoms. The number of anilines is 3. The van der Waals surface area contributed by atoms with E-state index in [0.717, 1.165) is 4.47 Å². The Bertz CT molecular complexity index is 545. The summed E-state index contributed by atoms with van der Waals surface area (Å²) in [5, 5.41) is 8.88. The number of nitrogen functional groups attached to an aromatic ring is 1. The highest BCUT2D eigenvalue weighted by Crippen LogP contribution is 2.22. The number of hydrogen-bond donors (Lipinski definition) is 3. The number of nitrogens with one attached hydrogen (secondary N) is 2. The van der Waals surface area contributed by atoms with Gasteiger partial charge in [-0.05, 0) is 31.2 Å². The predicted octanol–water partition coefficient (Wildman–Crippen LogP) is 2.97. The minimum atomic E-state index is -0.407. The molecule has 0 spiro atoms. The average molecular weight is 311 g/mol. The first kappa shape index (κ1) is 12.4. The number of carbonyl (C=O) groups excluding carboxylic acids is 1. The zero-order valence-corrected chi connectivity index (χ0v) is 11.1. The third kappa shape index (κ3) is 2.80. The molecule has 94 valence electrons. The summed E-state index contributed by atoms with van der Waals surface area (Å²) in [4.78, 5) is 11.7. The molecule has 6 nitrogen and oxygen atoms in total. The molecule has 0 aliphatic rings. The van der Waals surface area contributed by atoms with Gasteiger partial charge in [-0.2, -0.15) is 0 Å². The maximum atomic E-state index is 11.7. The van der Waals surface area contributed by atoms with Crippen molar-refractivity contribution in [1.29, 1.82) is 0 Å². The number of carbonyl (C=O) groups is 1. The lowest BCUT2D eigenvalue weighted by Crippen LogP contribution is -2.20. The second kappa shape index (κ2) is 5.09. The van der Waals surface area contributed by atoms with Crippen LogP contribution in [0.3, 0.4) is 0 Å². The predicted molar refractivity (Wildman–Crippen MR) is 72.4 cm³/mol. The van der Waals surface area contributed by atoms with Crippen molar-refractivity contribution in [3.63, 3.8) is 0 Å². The van der Waals surface area contributed by atoms with Crippen molar-refractivity contribution >= 4 is 39.2 Å². The number of urea groups is 1. The van der Waals surface area contributed by atoms with Crippen LogP contribution in [-0.4, -0.2) is 11.2 Å². The molecular formula is C11H11BrN4O2. The highest BCUT2D eigenvalue weighted by Gasteiger charge is 2.12. The van der Waals surface area contributed by atoms with Gasteiger partial charge in [0.05, 0.1) is 0 Å². The van der Waals surface area contributed by atoms with Crippen LogP contribution in [0.2, 0.25) is 0 Å². The number of aromatic nitrogens is 1. The van der Waals surface area contributed by atoms with Crippen LogP contribution in [0.25, 0.3) is 0 Å². The molecule has 2 aromatic rings. The summed E-state index contributed by atoms with van der Waals surface area (Å²) >= 11 is 3.31. The third-order valence-electron chi connectivity index (χ3n) is 2.23. The summed E-state index contributed by atoms with van der Waals surface area (Å²) in [7, 11) is 0. The molecule has 7 heteroatoms. The molecule has 0 radical (unpaired) electrons. The third-order valence-corrected chi connectivity index (χ3v) is 2.76. The molecule has 0 atom stereocenters. The summed E-state index contributed by atoms with van der Waals surface area (Å²) in [6.07, 6.45) is 0. The van der Waals surface area contributed by atoms with Crippen molar-refractivity contribution < 1.29 is 9.32 Å². The second-order valence-electron chi connectivity index (χ2n) is 3.59. The Morgan fingerprint density at radius 3 is 2.56 bits per heavy atom. The first-order valence-corrected chi connectivity index (χ1v) is 5.91. The van der Waals surface area contributed by atoms with Crippen LogP contribution >= 0.6 is 15.9 Å². The molecule has 0 saturated carbocycles. The fourth-order valence-corrected chi connectivity index (χ4v) is 1.61. The number of nitrogens with two attached hydrogens (primary N) is 1. The van der Waals surface area contributed by atoms with Crippen LogP contribution in [0.4, 0.5) is 22.1 Å². The Labute approximate surface area is 112 Å². The molecular weight excluding hydrogens is 300 g/mol. The van der Waals surface area contributed by atoms with Crippen molar-refractivity contribution in [2.75, 3.05) is 16.4 Å². The second-order valence-corrected chi connectivity index (χ2v) is 4.51. The van der Waals surface area contributed by atoms with E-state index in [1.165, 1.54) is 0 Å². The monoisotopic (exact) mass is 310 g/mol. The van der Waals surface area contributed by atoms with E-state index in [1.54, 1.807) is 19.1 Å². The van der Waals surface area contributed by atoms with Gasteiger partial charge in [-0.15, -0.1) is 0 Å². The van der Waals surface area contributed by atoms with Gasteiger partial charge in [0.1, 0.15) is 11.4 Å². The van der Waals surface area contributed by atoms with E-state index >= 15 is 0 Å². The fourth-order valence-electron chi connectivity index (χ4n) is 1.35. The number of amides is 2. The van der Waals surface area contributed by atoms with Gasteiger partial charge in [-0.1, -0.05) is 21.1 Å². The van der Waals surface area contributed by atoms with E-state index in [-0.39, 0.29) is 5.88 Å². The molecule has 0 aliphatic heterocycles. The summed E-state index contributed by atoms with van der Waals surface area (Å²) in [5.74, 6) is 0.0819. The van der Waals surface area contributed by atoms with Gasteiger partial charge in [-0.3, -0.25) is 0 Å². The van der Waals surface area contributed by atoms with E-state index < -0.39 is 6.03 Å². The van der Waals surface area contributed by atoms with Gasteiger partial charge in [0.15, 0.2) is 0 Å². The van der Waals surface area contributed by atoms with Gasteiger partial charge in [0.25, 0.3) is 0 Å². The Morgan fingerprint density at radius 1 is 1.33 bits per heavy atom. The molecule has 4 N–H and O–H groups in total. The molecule has 2 amide bonds. The highest BCUT2D eigenvalue weighted by molar-refractivity contribution is 9.10. The van der Waals surface area contributed by atoms with Crippen LogP contribution in [0.1, 0.15) is 5.69 Å². The first-order chi connectivity index (χ1) is 8.56. The number of hydrogen-bond acceptors (Lipinski definition) is 4. The maximum Gasteiger partial charge on any atom is 0.323 e. The molecule has 0 unspecified atom stereocenters. The Hall–Kier alpha value is -2.02. The van der Waals surface area contributed by atoms with Gasteiger partial charge < -0.3 is 20.9 Å². The number of benzene rings is 1. The molecule has 0 fully saturated rings. The molecule has 2 rings (SSSR count). The zero-order valence-electron chi connectivity index (χ0n) is 9.53. The van der Waals surface area contributed by atoms with Crippen molar-refractivity contribution in [3.8, 4) is 0 Å². The van der Waals surface area contributed by atoms with Crippen molar-refractivity contribution in [3.05, 3.63) is 34.4 Å². The van der Waals surface area contributed by atoms with Crippen LogP contribution in [0.5, 0.6) is 0 Å². The summed E-state index contributed by atoms with van der Waals surface area (Å²) in [6.45, 7) is 1.69. The van der Waals surface area contributed by atoms with E-state index in [1.807, 2.05) is 12.1 Å². The van der Waals surface area contributed by atoms with Gasteiger partial charge in [0, 0.05) is 10.2 Å². The van der Waals surface area contributed by atoms with Crippen molar-refractivity contribution in [2.24, 2.45) is 0 Å². The minimum Gasteiger partial charge on any atom is -0.366 e. The van der Waals surface area contributed by atoms with Gasteiger partial charge >= 0.3 is 6.03 Å². The standard InChI is InChI=1S/C11H11BrN4O2/c1-6-9(10(13)18-16-6)15-11(17)14-8-4-2-7(12)3-5-8/h2-5H,13H2,1H3,(H2,14,15,17). The quantitative estimate of drug-likeness (QED) is 0.795. The first-order valence-electron chi connectivity index (χ1n) is 5.11. The molecule has 0 aliphatic carbocycles. The number of rotatable bonds is 2. The lowest BCUT2D eigenvalue weighted by atomic mass is 10.3. The number of nitrogens with zero attached hydrogens (tertiary/aromatic N) is 1. The fraction of sp³-hybridized carbons (Fsp3) is 0.0909. The summed E-state index contributed by atoms with van der Waals surface area (Å²) in [5.41, 5.74) is 7.10. The minimum absolute atomic E-state index is 0.0819. The van der Waals surface area contributed by atoms with Crippen LogP contribution in [-0.2, 0) is 0 Å². The number of aryl methyl sites for hydroxylation is 1. The van der Waals surface area contributed by atoms with E-state index in [0.29, 0.717) is 17.1 Å². The van der Waals surface area contributed by atoms with E-state index in [9.17, 15) is 4.79 Å².